The van der Waals surface area contributed by atoms with Crippen molar-refractivity contribution in [1.29, 1.82) is 0 Å². The normalized spacial score (nSPS) is 12.9. The van der Waals surface area contributed by atoms with E-state index in [-0.39, 0.29) is 6.04 Å². The molecule has 0 aliphatic heterocycles. The molecule has 0 amide bonds. The van der Waals surface area contributed by atoms with Gasteiger partial charge >= 0.3 is 0 Å². The Balaban J connectivity index is 2.93. The Kier molecular flexibility index (Phi) is 4.19. The second-order valence-corrected chi connectivity index (χ2v) is 3.91. The van der Waals surface area contributed by atoms with Crippen molar-refractivity contribution in [1.82, 2.24) is 0 Å². The SMILES string of the molecule is COC[C@@H](N)c1cccc(Cl)c1Br. The molecule has 0 aliphatic carbocycles. The van der Waals surface area contributed by atoms with Gasteiger partial charge in [0.1, 0.15) is 0 Å². The van der Waals surface area contributed by atoms with Crippen molar-refractivity contribution in [2.45, 2.75) is 6.04 Å². The second-order valence-electron chi connectivity index (χ2n) is 2.70. The summed E-state index contributed by atoms with van der Waals surface area (Å²) in [6.07, 6.45) is 0. The lowest BCUT2D eigenvalue weighted by Gasteiger charge is -2.13. The molecule has 13 heavy (non-hydrogen) atoms. The summed E-state index contributed by atoms with van der Waals surface area (Å²) in [5, 5.41) is 0.670. The Labute approximate surface area is 91.2 Å². The van der Waals surface area contributed by atoms with E-state index in [1.807, 2.05) is 18.2 Å². The van der Waals surface area contributed by atoms with Crippen molar-refractivity contribution in [2.75, 3.05) is 13.7 Å². The number of hydrogen-bond donors (Lipinski definition) is 1. The lowest BCUT2D eigenvalue weighted by Crippen LogP contribution is -2.16. The fourth-order valence-electron chi connectivity index (χ4n) is 1.08. The van der Waals surface area contributed by atoms with Gasteiger partial charge in [0.25, 0.3) is 0 Å². The Morgan fingerprint density at radius 1 is 1.62 bits per heavy atom. The van der Waals surface area contributed by atoms with Gasteiger partial charge in [-0.25, -0.2) is 0 Å². The van der Waals surface area contributed by atoms with Gasteiger partial charge in [0.15, 0.2) is 0 Å². The van der Waals surface area contributed by atoms with Crippen LogP contribution in [0.4, 0.5) is 0 Å². The highest BCUT2D eigenvalue weighted by Gasteiger charge is 2.10. The van der Waals surface area contributed by atoms with E-state index in [2.05, 4.69) is 15.9 Å². The zero-order chi connectivity index (χ0) is 9.84. The molecular weight excluding hydrogens is 253 g/mol. The van der Waals surface area contributed by atoms with Gasteiger partial charge in [-0.15, -0.1) is 0 Å². The summed E-state index contributed by atoms with van der Waals surface area (Å²) in [4.78, 5) is 0. The van der Waals surface area contributed by atoms with Gasteiger partial charge in [-0.05, 0) is 27.6 Å². The maximum Gasteiger partial charge on any atom is 0.0655 e. The Morgan fingerprint density at radius 3 is 2.92 bits per heavy atom. The molecule has 72 valence electrons. The van der Waals surface area contributed by atoms with Crippen LogP contribution in [0.2, 0.25) is 5.02 Å². The van der Waals surface area contributed by atoms with E-state index < -0.39 is 0 Å². The molecule has 0 aromatic heterocycles. The van der Waals surface area contributed by atoms with Gasteiger partial charge < -0.3 is 10.5 Å². The van der Waals surface area contributed by atoms with Crippen LogP contribution >= 0.6 is 27.5 Å². The van der Waals surface area contributed by atoms with E-state index in [4.69, 9.17) is 22.1 Å². The molecule has 2 N–H and O–H groups in total. The maximum atomic E-state index is 5.91. The Morgan fingerprint density at radius 2 is 2.31 bits per heavy atom. The topological polar surface area (TPSA) is 35.2 Å². The van der Waals surface area contributed by atoms with Gasteiger partial charge in [-0.2, -0.15) is 0 Å². The molecular formula is C9H11BrClNO. The van der Waals surface area contributed by atoms with Crippen molar-refractivity contribution >= 4 is 27.5 Å². The third-order valence-electron chi connectivity index (χ3n) is 1.73. The summed E-state index contributed by atoms with van der Waals surface area (Å²) >= 11 is 9.30. The molecule has 0 aliphatic rings. The van der Waals surface area contributed by atoms with E-state index in [0.717, 1.165) is 10.0 Å². The average Bonchev–Trinajstić information content (AvgIpc) is 2.10. The van der Waals surface area contributed by atoms with E-state index in [9.17, 15) is 0 Å². The number of hydrogen-bond acceptors (Lipinski definition) is 2. The third-order valence-corrected chi connectivity index (χ3v) is 3.16. The molecule has 1 aromatic carbocycles. The van der Waals surface area contributed by atoms with Crippen LogP contribution in [0.3, 0.4) is 0 Å². The summed E-state index contributed by atoms with van der Waals surface area (Å²) in [6, 6.07) is 5.48. The van der Waals surface area contributed by atoms with Gasteiger partial charge in [-0.3, -0.25) is 0 Å². The molecule has 0 saturated carbocycles. The molecule has 0 fully saturated rings. The number of rotatable bonds is 3. The number of benzene rings is 1. The molecule has 2 nitrogen and oxygen atoms in total. The summed E-state index contributed by atoms with van der Waals surface area (Å²) in [5.74, 6) is 0. The lowest BCUT2D eigenvalue weighted by molar-refractivity contribution is 0.180. The molecule has 1 rings (SSSR count). The Bertz CT molecular complexity index is 293. The monoisotopic (exact) mass is 263 g/mol. The number of methoxy groups -OCH3 is 1. The summed E-state index contributed by atoms with van der Waals surface area (Å²) in [5.41, 5.74) is 6.83. The van der Waals surface area contributed by atoms with E-state index in [0.29, 0.717) is 11.6 Å². The van der Waals surface area contributed by atoms with E-state index in [1.165, 1.54) is 0 Å². The molecule has 1 aromatic rings. The van der Waals surface area contributed by atoms with Crippen LogP contribution in [0.1, 0.15) is 11.6 Å². The van der Waals surface area contributed by atoms with Crippen LogP contribution in [0.15, 0.2) is 22.7 Å². The van der Waals surface area contributed by atoms with Gasteiger partial charge in [0, 0.05) is 11.6 Å². The molecule has 1 atom stereocenters. The maximum absolute atomic E-state index is 5.91. The molecule has 0 unspecified atom stereocenters. The summed E-state index contributed by atoms with van der Waals surface area (Å²) < 4.78 is 5.81. The van der Waals surface area contributed by atoms with Crippen LogP contribution in [-0.2, 0) is 4.74 Å². The van der Waals surface area contributed by atoms with Gasteiger partial charge in [0.2, 0.25) is 0 Å². The van der Waals surface area contributed by atoms with Crippen LogP contribution in [0.25, 0.3) is 0 Å². The highest BCUT2D eigenvalue weighted by Crippen LogP contribution is 2.29. The van der Waals surface area contributed by atoms with Crippen LogP contribution in [0.5, 0.6) is 0 Å². The first-order chi connectivity index (χ1) is 6.16. The highest BCUT2D eigenvalue weighted by atomic mass is 79.9. The second kappa shape index (κ2) is 4.96. The fraction of sp³-hybridized carbons (Fsp3) is 0.333. The zero-order valence-electron chi connectivity index (χ0n) is 7.26. The van der Waals surface area contributed by atoms with Gasteiger partial charge in [0.05, 0.1) is 17.7 Å². The minimum absolute atomic E-state index is 0.141. The molecule has 0 radical (unpaired) electrons. The van der Waals surface area contributed by atoms with Crippen molar-refractivity contribution in [3.05, 3.63) is 33.3 Å². The van der Waals surface area contributed by atoms with Gasteiger partial charge in [-0.1, -0.05) is 23.7 Å². The zero-order valence-corrected chi connectivity index (χ0v) is 9.60. The molecule has 0 heterocycles. The lowest BCUT2D eigenvalue weighted by atomic mass is 10.1. The van der Waals surface area contributed by atoms with Crippen LogP contribution in [0, 0.1) is 0 Å². The van der Waals surface area contributed by atoms with Crippen molar-refractivity contribution in [3.8, 4) is 0 Å². The standard InChI is InChI=1S/C9H11BrClNO/c1-13-5-8(12)6-3-2-4-7(11)9(6)10/h2-4,8H,5,12H2,1H3/t8-/m1/s1. The van der Waals surface area contributed by atoms with E-state index >= 15 is 0 Å². The molecule has 0 bridgehead atoms. The minimum Gasteiger partial charge on any atom is -0.383 e. The third kappa shape index (κ3) is 2.68. The first-order valence-corrected chi connectivity index (χ1v) is 5.02. The predicted octanol–water partition coefficient (Wildman–Crippen LogP) is 2.75. The minimum atomic E-state index is -0.141. The van der Waals surface area contributed by atoms with Crippen molar-refractivity contribution < 1.29 is 4.74 Å². The predicted molar refractivity (Wildman–Crippen MR) is 58.0 cm³/mol. The number of halogens is 2. The largest absolute Gasteiger partial charge is 0.383 e. The highest BCUT2D eigenvalue weighted by molar-refractivity contribution is 9.10. The first-order valence-electron chi connectivity index (χ1n) is 3.85. The van der Waals surface area contributed by atoms with Crippen molar-refractivity contribution in [2.24, 2.45) is 5.73 Å². The first kappa shape index (κ1) is 11.0. The van der Waals surface area contributed by atoms with Crippen LogP contribution < -0.4 is 5.73 Å². The molecule has 0 spiro atoms. The number of ether oxygens (including phenoxy) is 1. The average molecular weight is 265 g/mol. The van der Waals surface area contributed by atoms with Crippen molar-refractivity contribution in [3.63, 3.8) is 0 Å². The summed E-state index contributed by atoms with van der Waals surface area (Å²) in [6.45, 7) is 0.485. The smallest absolute Gasteiger partial charge is 0.0655 e. The van der Waals surface area contributed by atoms with Crippen LogP contribution in [-0.4, -0.2) is 13.7 Å². The Hall–Kier alpha value is -0.0900. The summed E-state index contributed by atoms with van der Waals surface area (Å²) in [7, 11) is 1.62. The molecule has 4 heteroatoms. The fourth-order valence-corrected chi connectivity index (χ4v) is 1.82. The quantitative estimate of drug-likeness (QED) is 0.911. The van der Waals surface area contributed by atoms with E-state index in [1.54, 1.807) is 7.11 Å². The number of nitrogens with two attached hydrogens (primary N) is 1. The molecule has 0 saturated heterocycles.